The quantitative estimate of drug-likeness (QED) is 0.351. The number of hydrogen-bond donors (Lipinski definition) is 1. The van der Waals surface area contributed by atoms with E-state index in [1.165, 1.54) is 18.4 Å². The number of nitrogens with zero attached hydrogens (tertiary/aromatic N) is 1. The fraction of sp³-hybridized carbons (Fsp3) is 0.600. The molecule has 1 saturated heterocycles. The van der Waals surface area contributed by atoms with Crippen LogP contribution in [0.15, 0.2) is 33.3 Å². The minimum atomic E-state index is -4.75. The summed E-state index contributed by atoms with van der Waals surface area (Å²) < 4.78 is 82.3. The number of alkyl halides is 3. The molecule has 177 valence electrons. The third kappa shape index (κ3) is 6.59. The van der Waals surface area contributed by atoms with E-state index in [2.05, 4.69) is 6.26 Å². The molecular weight excluding hydrogens is 528 g/mol. The molecule has 1 aliphatic rings. The van der Waals surface area contributed by atoms with Gasteiger partial charge in [-0.25, -0.2) is 12.7 Å². The van der Waals surface area contributed by atoms with Gasteiger partial charge in [0.15, 0.2) is 0 Å². The summed E-state index contributed by atoms with van der Waals surface area (Å²) in [6, 6.07) is 2.77. The average molecular weight is 553 g/mol. The van der Waals surface area contributed by atoms with Crippen molar-refractivity contribution in [1.82, 2.24) is 0 Å². The van der Waals surface area contributed by atoms with Crippen LogP contribution in [0.1, 0.15) is 50.0 Å². The fourth-order valence-corrected chi connectivity index (χ4v) is 5.61. The molecule has 32 heavy (non-hydrogen) atoms. The molecule has 1 aliphatic heterocycles. The van der Waals surface area contributed by atoms with Crippen molar-refractivity contribution in [2.45, 2.75) is 57.5 Å². The SMILES string of the molecule is CCCCCC(O)c1coc(N2C(COCc3cc[c-]o3)C(C(F)(F)F)CS2(=O)=O)c1.[Y]. The molecule has 2 aromatic rings. The smallest absolute Gasteiger partial charge is 0.394 e. The Balaban J connectivity index is 0.00000363. The molecule has 2 aromatic heterocycles. The molecule has 3 atom stereocenters. The number of sulfonamides is 1. The average Bonchev–Trinajstić information content (AvgIpc) is 3.41. The Morgan fingerprint density at radius 3 is 2.75 bits per heavy atom. The number of halogens is 3. The van der Waals surface area contributed by atoms with Crippen molar-refractivity contribution in [3.05, 3.63) is 42.0 Å². The zero-order valence-corrected chi connectivity index (χ0v) is 21.2. The maximum atomic E-state index is 13.6. The van der Waals surface area contributed by atoms with Gasteiger partial charge in [0.2, 0.25) is 15.9 Å². The molecule has 12 heteroatoms. The number of aliphatic hydroxyl groups excluding tert-OH is 1. The van der Waals surface area contributed by atoms with E-state index in [1.54, 1.807) is 6.07 Å². The standard InChI is InChI=1S/C20H25F3NO6S.Y/c1-2-3-4-7-18(25)14-9-19(30-10-14)24-17(12-28-11-15-6-5-8-29-15)16(20(21,22)23)13-31(24,26)27;/h5-6,9-10,16-18,25H,2-4,7,11-13H2,1H3;/q-1;. The minimum Gasteiger partial charge on any atom is -0.593 e. The van der Waals surface area contributed by atoms with E-state index < -0.39 is 46.6 Å². The third-order valence-electron chi connectivity index (χ3n) is 5.23. The number of ether oxygens (including phenoxy) is 1. The summed E-state index contributed by atoms with van der Waals surface area (Å²) in [5.74, 6) is -3.17. The van der Waals surface area contributed by atoms with Gasteiger partial charge >= 0.3 is 6.18 Å². The first-order valence-corrected chi connectivity index (χ1v) is 11.6. The Labute approximate surface area is 210 Å². The zero-order chi connectivity index (χ0) is 22.6. The van der Waals surface area contributed by atoms with Crippen molar-refractivity contribution in [2.75, 3.05) is 16.7 Å². The summed E-state index contributed by atoms with van der Waals surface area (Å²) in [5.41, 5.74) is 0.322. The Morgan fingerprint density at radius 1 is 1.38 bits per heavy atom. The Hall–Kier alpha value is -0.876. The van der Waals surface area contributed by atoms with Gasteiger partial charge in [0.1, 0.15) is 0 Å². The maximum Gasteiger partial charge on any atom is 0.394 e. The second-order valence-corrected chi connectivity index (χ2v) is 9.44. The van der Waals surface area contributed by atoms with Crippen LogP contribution < -0.4 is 4.31 Å². The maximum absolute atomic E-state index is 13.6. The van der Waals surface area contributed by atoms with Gasteiger partial charge in [-0.2, -0.15) is 19.2 Å². The van der Waals surface area contributed by atoms with E-state index in [0.29, 0.717) is 22.0 Å². The van der Waals surface area contributed by atoms with Gasteiger partial charge < -0.3 is 18.7 Å². The molecule has 0 amide bonds. The second-order valence-electron chi connectivity index (χ2n) is 7.55. The fourth-order valence-electron chi connectivity index (χ4n) is 3.60. The van der Waals surface area contributed by atoms with Crippen molar-refractivity contribution >= 4 is 15.9 Å². The number of hydrogen-bond acceptors (Lipinski definition) is 6. The van der Waals surface area contributed by atoms with Crippen molar-refractivity contribution in [1.29, 1.82) is 0 Å². The zero-order valence-electron chi connectivity index (χ0n) is 17.5. The molecule has 0 spiro atoms. The molecule has 0 aliphatic carbocycles. The van der Waals surface area contributed by atoms with Crippen LogP contribution in [0.3, 0.4) is 0 Å². The molecule has 0 aromatic carbocycles. The topological polar surface area (TPSA) is 93.1 Å². The summed E-state index contributed by atoms with van der Waals surface area (Å²) in [5, 5.41) is 10.3. The molecule has 3 unspecified atom stereocenters. The Kier molecular flexibility index (Phi) is 9.84. The largest absolute Gasteiger partial charge is 0.593 e. The van der Waals surface area contributed by atoms with Crippen LogP contribution in [-0.2, 0) is 54.1 Å². The normalized spacial score (nSPS) is 21.5. The summed E-state index contributed by atoms with van der Waals surface area (Å²) in [7, 11) is -4.31. The minimum absolute atomic E-state index is 0. The van der Waals surface area contributed by atoms with E-state index in [0.717, 1.165) is 19.3 Å². The molecule has 3 rings (SSSR count). The van der Waals surface area contributed by atoms with E-state index in [4.69, 9.17) is 13.6 Å². The number of unbranched alkanes of at least 4 members (excludes halogenated alkanes) is 2. The van der Waals surface area contributed by atoms with Gasteiger partial charge in [0.05, 0.1) is 36.7 Å². The Morgan fingerprint density at radius 2 is 2.12 bits per heavy atom. The monoisotopic (exact) mass is 553 g/mol. The third-order valence-corrected chi connectivity index (χ3v) is 7.06. The van der Waals surface area contributed by atoms with Crippen LogP contribution in [0, 0.1) is 12.2 Å². The van der Waals surface area contributed by atoms with Crippen molar-refractivity contribution < 1.29 is 73.0 Å². The predicted molar refractivity (Wildman–Crippen MR) is 105 cm³/mol. The van der Waals surface area contributed by atoms with Crippen molar-refractivity contribution in [2.24, 2.45) is 5.92 Å². The van der Waals surface area contributed by atoms with Gasteiger partial charge in [-0.3, -0.25) is 0 Å². The Bertz CT molecular complexity index is 932. The summed E-state index contributed by atoms with van der Waals surface area (Å²) in [4.78, 5) is 0. The second kappa shape index (κ2) is 11.5. The molecule has 1 radical (unpaired) electrons. The molecule has 1 fully saturated rings. The van der Waals surface area contributed by atoms with E-state index >= 15 is 0 Å². The van der Waals surface area contributed by atoms with Gasteiger partial charge in [0.25, 0.3) is 0 Å². The van der Waals surface area contributed by atoms with E-state index in [1.807, 2.05) is 6.92 Å². The first kappa shape index (κ1) is 27.4. The first-order chi connectivity index (χ1) is 14.6. The summed E-state index contributed by atoms with van der Waals surface area (Å²) in [6.07, 6.45) is 1.07. The summed E-state index contributed by atoms with van der Waals surface area (Å²) in [6.45, 7) is 1.38. The van der Waals surface area contributed by atoms with Crippen molar-refractivity contribution in [3.8, 4) is 0 Å². The predicted octanol–water partition coefficient (Wildman–Crippen LogP) is 4.20. The molecule has 1 N–H and O–H groups in total. The molecular formula is C20H25F3NO6SY-. The molecule has 0 saturated carbocycles. The van der Waals surface area contributed by atoms with Crippen LogP contribution in [-0.4, -0.2) is 38.1 Å². The van der Waals surface area contributed by atoms with Crippen molar-refractivity contribution in [3.63, 3.8) is 0 Å². The van der Waals surface area contributed by atoms with Gasteiger partial charge in [0, 0.05) is 50.9 Å². The van der Waals surface area contributed by atoms with Gasteiger partial charge in [-0.05, 0) is 18.4 Å². The van der Waals surface area contributed by atoms with E-state index in [-0.39, 0.29) is 45.2 Å². The molecule has 7 nitrogen and oxygen atoms in total. The number of anilines is 1. The van der Waals surface area contributed by atoms with Crippen LogP contribution in [0.5, 0.6) is 0 Å². The van der Waals surface area contributed by atoms with Crippen LogP contribution >= 0.6 is 0 Å². The molecule has 0 bridgehead atoms. The van der Waals surface area contributed by atoms with Crippen LogP contribution in [0.25, 0.3) is 0 Å². The number of rotatable bonds is 10. The van der Waals surface area contributed by atoms with E-state index in [9.17, 15) is 26.7 Å². The van der Waals surface area contributed by atoms with Crippen LogP contribution in [0.4, 0.5) is 19.1 Å². The van der Waals surface area contributed by atoms with Crippen LogP contribution in [0.2, 0.25) is 0 Å². The molecule has 3 heterocycles. The van der Waals surface area contributed by atoms with Gasteiger partial charge in [-0.1, -0.05) is 26.2 Å². The summed E-state index contributed by atoms with van der Waals surface area (Å²) >= 11 is 0. The van der Waals surface area contributed by atoms with Gasteiger partial charge in [-0.15, -0.1) is 6.07 Å². The number of aliphatic hydroxyl groups is 1. The number of furan rings is 2. The first-order valence-electron chi connectivity index (χ1n) is 10.0.